The predicted octanol–water partition coefficient (Wildman–Crippen LogP) is 3.88. The monoisotopic (exact) mass is 456 g/mol. The van der Waals surface area contributed by atoms with E-state index in [9.17, 15) is 13.2 Å². The Morgan fingerprint density at radius 2 is 2.04 bits per heavy atom. The fraction of sp³-hybridized carbons (Fsp3) is 0.278. The highest BCUT2D eigenvalue weighted by Gasteiger charge is 2.31. The minimum absolute atomic E-state index is 0.00318. The number of fused-ring (bicyclic) bond motifs is 1. The van der Waals surface area contributed by atoms with Gasteiger partial charge in [-0.1, -0.05) is 29.8 Å². The molecule has 0 radical (unpaired) electrons. The Morgan fingerprint density at radius 1 is 1.35 bits per heavy atom. The molecule has 1 heterocycles. The van der Waals surface area contributed by atoms with Gasteiger partial charge in [0.2, 0.25) is 15.9 Å². The lowest BCUT2D eigenvalue weighted by Crippen LogP contribution is -2.33. The maximum Gasteiger partial charge on any atom is 0.242 e. The SMILES string of the molecule is CC(=O)N1c2cc(S(=O)(=O)NCc3ccccc3Cl)c(Br)cc2CC1C. The van der Waals surface area contributed by atoms with Crippen molar-refractivity contribution in [2.45, 2.75) is 37.8 Å². The van der Waals surface area contributed by atoms with Gasteiger partial charge in [-0.15, -0.1) is 0 Å². The third kappa shape index (κ3) is 3.67. The molecule has 8 heteroatoms. The second-order valence-corrected chi connectivity index (χ2v) is 9.27. The van der Waals surface area contributed by atoms with Crippen LogP contribution in [-0.2, 0) is 27.8 Å². The van der Waals surface area contributed by atoms with Gasteiger partial charge in [-0.25, -0.2) is 13.1 Å². The summed E-state index contributed by atoms with van der Waals surface area (Å²) in [6.45, 7) is 3.51. The van der Waals surface area contributed by atoms with Gasteiger partial charge in [-0.2, -0.15) is 0 Å². The molecule has 26 heavy (non-hydrogen) atoms. The summed E-state index contributed by atoms with van der Waals surface area (Å²) in [5.74, 6) is -0.106. The number of hydrogen-bond donors (Lipinski definition) is 1. The molecule has 0 aliphatic carbocycles. The highest BCUT2D eigenvalue weighted by Crippen LogP contribution is 2.38. The molecule has 1 unspecified atom stereocenters. The van der Waals surface area contributed by atoms with Crippen LogP contribution in [0.4, 0.5) is 5.69 Å². The molecule has 2 aromatic rings. The molecule has 0 bridgehead atoms. The third-order valence-electron chi connectivity index (χ3n) is 4.39. The zero-order valence-electron chi connectivity index (χ0n) is 14.3. The zero-order chi connectivity index (χ0) is 19.1. The number of hydrogen-bond acceptors (Lipinski definition) is 3. The summed E-state index contributed by atoms with van der Waals surface area (Å²) in [7, 11) is -3.79. The molecule has 1 amide bonds. The van der Waals surface area contributed by atoms with Gasteiger partial charge in [0.15, 0.2) is 0 Å². The highest BCUT2D eigenvalue weighted by atomic mass is 79.9. The summed E-state index contributed by atoms with van der Waals surface area (Å²) in [6.07, 6.45) is 0.695. The molecule has 0 saturated heterocycles. The Bertz CT molecular complexity index is 978. The average Bonchev–Trinajstić information content (AvgIpc) is 2.88. The molecule has 0 fully saturated rings. The maximum absolute atomic E-state index is 12.8. The normalized spacial score (nSPS) is 16.6. The van der Waals surface area contributed by atoms with Gasteiger partial charge in [-0.3, -0.25) is 4.79 Å². The van der Waals surface area contributed by atoms with E-state index >= 15 is 0 Å². The number of halogens is 2. The van der Waals surface area contributed by atoms with E-state index in [1.54, 1.807) is 41.3 Å². The fourth-order valence-corrected chi connectivity index (χ4v) is 5.51. The predicted molar refractivity (Wildman–Crippen MR) is 106 cm³/mol. The molecule has 0 aromatic heterocycles. The van der Waals surface area contributed by atoms with Crippen LogP contribution >= 0.6 is 27.5 Å². The fourth-order valence-electron chi connectivity index (χ4n) is 3.20. The Labute approximate surface area is 166 Å². The summed E-state index contributed by atoms with van der Waals surface area (Å²) < 4.78 is 28.7. The van der Waals surface area contributed by atoms with Crippen LogP contribution in [0.25, 0.3) is 0 Å². The second kappa shape index (κ2) is 7.31. The quantitative estimate of drug-likeness (QED) is 0.758. The van der Waals surface area contributed by atoms with Crippen molar-refractivity contribution < 1.29 is 13.2 Å². The first-order chi connectivity index (χ1) is 12.2. The standard InChI is InChI=1S/C18H18BrClN2O3S/c1-11-7-14-8-15(19)18(9-17(14)22(11)12(2)23)26(24,25)21-10-13-5-3-4-6-16(13)20/h3-6,8-9,11,21H,7,10H2,1-2H3. The van der Waals surface area contributed by atoms with E-state index in [0.29, 0.717) is 27.2 Å². The first-order valence-corrected chi connectivity index (χ1v) is 10.7. The van der Waals surface area contributed by atoms with E-state index in [1.807, 2.05) is 6.92 Å². The Kier molecular flexibility index (Phi) is 5.44. The third-order valence-corrected chi connectivity index (χ3v) is 7.12. The summed E-state index contributed by atoms with van der Waals surface area (Å²) in [5, 5.41) is 0.500. The lowest BCUT2D eigenvalue weighted by Gasteiger charge is -2.21. The second-order valence-electron chi connectivity index (χ2n) is 6.27. The highest BCUT2D eigenvalue weighted by molar-refractivity contribution is 9.10. The Hall–Kier alpha value is -1.41. The molecule has 3 rings (SSSR count). The number of rotatable bonds is 4. The maximum atomic E-state index is 12.8. The van der Waals surface area contributed by atoms with E-state index in [1.165, 1.54) is 6.92 Å². The lowest BCUT2D eigenvalue weighted by atomic mass is 10.1. The van der Waals surface area contributed by atoms with Crippen molar-refractivity contribution in [2.24, 2.45) is 0 Å². The Morgan fingerprint density at radius 3 is 2.69 bits per heavy atom. The Balaban J connectivity index is 1.94. The van der Waals surface area contributed by atoms with E-state index in [2.05, 4.69) is 20.7 Å². The van der Waals surface area contributed by atoms with Crippen molar-refractivity contribution >= 4 is 49.1 Å². The molecule has 2 aromatic carbocycles. The molecule has 1 aliphatic rings. The van der Waals surface area contributed by atoms with Gasteiger partial charge in [-0.05, 0) is 58.6 Å². The molecule has 1 aliphatic heterocycles. The minimum atomic E-state index is -3.79. The molecule has 1 N–H and O–H groups in total. The lowest BCUT2D eigenvalue weighted by molar-refractivity contribution is -0.116. The number of nitrogens with one attached hydrogen (secondary N) is 1. The topological polar surface area (TPSA) is 66.5 Å². The number of sulfonamides is 1. The summed E-state index contributed by atoms with van der Waals surface area (Å²) >= 11 is 9.44. The van der Waals surface area contributed by atoms with Crippen molar-refractivity contribution in [3.8, 4) is 0 Å². The smallest absolute Gasteiger partial charge is 0.242 e. The van der Waals surface area contributed by atoms with E-state index in [-0.39, 0.29) is 23.4 Å². The number of carbonyl (C=O) groups excluding carboxylic acids is 1. The minimum Gasteiger partial charge on any atom is -0.309 e. The summed E-state index contributed by atoms with van der Waals surface area (Å²) in [4.78, 5) is 13.7. The van der Waals surface area contributed by atoms with Gasteiger partial charge in [0, 0.05) is 34.7 Å². The number of benzene rings is 2. The molecule has 5 nitrogen and oxygen atoms in total. The van der Waals surface area contributed by atoms with Crippen LogP contribution in [-0.4, -0.2) is 20.4 Å². The first-order valence-electron chi connectivity index (χ1n) is 8.06. The van der Waals surface area contributed by atoms with Crippen LogP contribution in [0.2, 0.25) is 5.02 Å². The average molecular weight is 458 g/mol. The molecule has 1 atom stereocenters. The number of nitrogens with zero attached hydrogens (tertiary/aromatic N) is 1. The first kappa shape index (κ1) is 19.4. The summed E-state index contributed by atoms with van der Waals surface area (Å²) in [5.41, 5.74) is 2.28. The van der Waals surface area contributed by atoms with E-state index < -0.39 is 10.0 Å². The van der Waals surface area contributed by atoms with Crippen molar-refractivity contribution in [2.75, 3.05) is 4.90 Å². The van der Waals surface area contributed by atoms with Crippen molar-refractivity contribution in [3.63, 3.8) is 0 Å². The molecular formula is C18H18BrClN2O3S. The molecule has 0 saturated carbocycles. The van der Waals surface area contributed by atoms with Crippen LogP contribution in [0.3, 0.4) is 0 Å². The van der Waals surface area contributed by atoms with Gasteiger partial charge in [0.05, 0.1) is 4.90 Å². The molecular weight excluding hydrogens is 440 g/mol. The van der Waals surface area contributed by atoms with E-state index in [4.69, 9.17) is 11.6 Å². The molecule has 138 valence electrons. The van der Waals surface area contributed by atoms with Crippen LogP contribution in [0.1, 0.15) is 25.0 Å². The summed E-state index contributed by atoms with van der Waals surface area (Å²) in [6, 6.07) is 10.4. The number of amides is 1. The van der Waals surface area contributed by atoms with Gasteiger partial charge < -0.3 is 4.90 Å². The van der Waals surface area contributed by atoms with Gasteiger partial charge in [0.25, 0.3) is 0 Å². The molecule has 0 spiro atoms. The van der Waals surface area contributed by atoms with Crippen LogP contribution in [0.5, 0.6) is 0 Å². The number of carbonyl (C=O) groups is 1. The van der Waals surface area contributed by atoms with Crippen molar-refractivity contribution in [1.29, 1.82) is 0 Å². The van der Waals surface area contributed by atoms with Gasteiger partial charge >= 0.3 is 0 Å². The van der Waals surface area contributed by atoms with Gasteiger partial charge in [0.1, 0.15) is 0 Å². The van der Waals surface area contributed by atoms with Crippen LogP contribution in [0, 0.1) is 0 Å². The largest absolute Gasteiger partial charge is 0.309 e. The van der Waals surface area contributed by atoms with Crippen LogP contribution < -0.4 is 9.62 Å². The number of anilines is 1. The zero-order valence-corrected chi connectivity index (χ0v) is 17.5. The van der Waals surface area contributed by atoms with Crippen LogP contribution in [0.15, 0.2) is 45.8 Å². The van der Waals surface area contributed by atoms with E-state index in [0.717, 1.165) is 5.56 Å². The van der Waals surface area contributed by atoms with Crippen molar-refractivity contribution in [1.82, 2.24) is 4.72 Å². The van der Waals surface area contributed by atoms with Crippen molar-refractivity contribution in [3.05, 3.63) is 57.0 Å².